The summed E-state index contributed by atoms with van der Waals surface area (Å²) < 4.78 is 55.3. The molecule has 36 heavy (non-hydrogen) atoms. The van der Waals surface area contributed by atoms with Gasteiger partial charge in [0.05, 0.1) is 16.0 Å². The molecule has 1 N–H and O–H groups in total. The Morgan fingerprint density at radius 1 is 0.861 bits per heavy atom. The van der Waals surface area contributed by atoms with E-state index < -0.39 is 32.0 Å². The summed E-state index contributed by atoms with van der Waals surface area (Å²) in [5.41, 5.74) is 2.96. The van der Waals surface area contributed by atoms with E-state index in [1.807, 2.05) is 0 Å². The summed E-state index contributed by atoms with van der Waals surface area (Å²) in [5.74, 6) is -0.763. The quantitative estimate of drug-likeness (QED) is 0.361. The van der Waals surface area contributed by atoms with Crippen LogP contribution in [0.25, 0.3) is 0 Å². The first kappa shape index (κ1) is 26.0. The van der Waals surface area contributed by atoms with Gasteiger partial charge in [-0.2, -0.15) is 13.7 Å². The average molecular weight is 547 g/mol. The second-order valence-electron chi connectivity index (χ2n) is 7.91. The van der Waals surface area contributed by atoms with Crippen LogP contribution < -0.4 is 5.43 Å². The SMILES string of the molecule is O=C(N/N=C/c1cccc(Cl)c1)[C@@H]1CN(S(=O)(=O)c2ccccc2)CCN1S(=O)(=O)c1ccccc1. The van der Waals surface area contributed by atoms with E-state index in [1.165, 1.54) is 30.5 Å². The largest absolute Gasteiger partial charge is 0.271 e. The van der Waals surface area contributed by atoms with Crippen molar-refractivity contribution >= 4 is 43.8 Å². The molecule has 1 heterocycles. The van der Waals surface area contributed by atoms with Gasteiger partial charge >= 0.3 is 0 Å². The highest BCUT2D eigenvalue weighted by Crippen LogP contribution is 2.25. The first-order valence-electron chi connectivity index (χ1n) is 10.9. The third kappa shape index (κ3) is 5.66. The molecule has 0 bridgehead atoms. The van der Waals surface area contributed by atoms with E-state index in [2.05, 4.69) is 10.5 Å². The molecular weight excluding hydrogens is 524 g/mol. The lowest BCUT2D eigenvalue weighted by Gasteiger charge is -2.38. The van der Waals surface area contributed by atoms with Crippen LogP contribution in [-0.4, -0.2) is 63.2 Å². The van der Waals surface area contributed by atoms with Crippen molar-refractivity contribution in [1.82, 2.24) is 14.0 Å². The van der Waals surface area contributed by atoms with Crippen LogP contribution in [0.2, 0.25) is 5.02 Å². The Balaban J connectivity index is 1.63. The first-order chi connectivity index (χ1) is 17.2. The van der Waals surface area contributed by atoms with Crippen molar-refractivity contribution in [2.75, 3.05) is 19.6 Å². The number of benzene rings is 3. The zero-order valence-corrected chi connectivity index (χ0v) is 21.3. The fourth-order valence-electron chi connectivity index (χ4n) is 3.76. The number of nitrogens with one attached hydrogen (secondary N) is 1. The molecule has 0 aliphatic carbocycles. The highest BCUT2D eigenvalue weighted by Gasteiger charge is 2.43. The molecule has 0 aromatic heterocycles. The zero-order chi connectivity index (χ0) is 25.8. The molecular formula is C24H23ClN4O5S2. The lowest BCUT2D eigenvalue weighted by molar-refractivity contribution is -0.125. The monoisotopic (exact) mass is 546 g/mol. The van der Waals surface area contributed by atoms with Crippen LogP contribution in [0.3, 0.4) is 0 Å². The van der Waals surface area contributed by atoms with E-state index in [1.54, 1.807) is 60.7 Å². The molecule has 1 amide bonds. The van der Waals surface area contributed by atoms with E-state index >= 15 is 0 Å². The molecule has 188 valence electrons. The zero-order valence-electron chi connectivity index (χ0n) is 18.9. The van der Waals surface area contributed by atoms with Gasteiger partial charge in [0.15, 0.2) is 0 Å². The number of sulfonamides is 2. The van der Waals surface area contributed by atoms with Crippen LogP contribution in [0.5, 0.6) is 0 Å². The minimum Gasteiger partial charge on any atom is -0.271 e. The normalized spacial score (nSPS) is 17.8. The molecule has 3 aromatic carbocycles. The molecule has 1 fully saturated rings. The van der Waals surface area contributed by atoms with E-state index in [0.29, 0.717) is 10.6 Å². The van der Waals surface area contributed by atoms with Gasteiger partial charge in [-0.3, -0.25) is 4.79 Å². The molecule has 0 saturated carbocycles. The number of halogens is 1. The van der Waals surface area contributed by atoms with Gasteiger partial charge in [-0.05, 0) is 42.0 Å². The minimum absolute atomic E-state index is 0.00425. The van der Waals surface area contributed by atoms with Gasteiger partial charge in [0.1, 0.15) is 6.04 Å². The highest BCUT2D eigenvalue weighted by atomic mass is 35.5. The van der Waals surface area contributed by atoms with Gasteiger partial charge in [0, 0.05) is 24.7 Å². The maximum absolute atomic E-state index is 13.4. The van der Waals surface area contributed by atoms with Gasteiger partial charge in [-0.1, -0.05) is 60.1 Å². The topological polar surface area (TPSA) is 116 Å². The molecule has 0 unspecified atom stereocenters. The minimum atomic E-state index is -4.09. The number of nitrogens with zero attached hydrogens (tertiary/aromatic N) is 3. The van der Waals surface area contributed by atoms with Crippen LogP contribution in [0, 0.1) is 0 Å². The van der Waals surface area contributed by atoms with Crippen molar-refractivity contribution in [2.45, 2.75) is 15.8 Å². The number of amides is 1. The Labute approximate surface area is 215 Å². The van der Waals surface area contributed by atoms with Gasteiger partial charge in [-0.15, -0.1) is 0 Å². The van der Waals surface area contributed by atoms with Crippen molar-refractivity contribution in [3.05, 3.63) is 95.5 Å². The molecule has 1 saturated heterocycles. The Bertz CT molecular complexity index is 1470. The average Bonchev–Trinajstić information content (AvgIpc) is 2.89. The van der Waals surface area contributed by atoms with Crippen LogP contribution in [0.15, 0.2) is 99.8 Å². The predicted molar refractivity (Wildman–Crippen MR) is 137 cm³/mol. The van der Waals surface area contributed by atoms with E-state index in [-0.39, 0.29) is 29.4 Å². The molecule has 3 aromatic rings. The van der Waals surface area contributed by atoms with Gasteiger partial charge in [0.25, 0.3) is 5.91 Å². The summed E-state index contributed by atoms with van der Waals surface area (Å²) in [6, 6.07) is 20.9. The second kappa shape index (κ2) is 10.9. The Kier molecular flexibility index (Phi) is 7.86. The van der Waals surface area contributed by atoms with E-state index in [9.17, 15) is 21.6 Å². The first-order valence-corrected chi connectivity index (χ1v) is 14.2. The molecule has 1 aliphatic heterocycles. The lowest BCUT2D eigenvalue weighted by atomic mass is 10.2. The number of hydrazone groups is 1. The number of hydrogen-bond donors (Lipinski definition) is 1. The van der Waals surface area contributed by atoms with Crippen LogP contribution in [-0.2, 0) is 24.8 Å². The second-order valence-corrected chi connectivity index (χ2v) is 12.2. The van der Waals surface area contributed by atoms with E-state index in [0.717, 1.165) is 8.61 Å². The third-order valence-electron chi connectivity index (χ3n) is 5.56. The summed E-state index contributed by atoms with van der Waals surface area (Å²) in [5, 5.41) is 4.41. The fourth-order valence-corrected chi connectivity index (χ4v) is 7.01. The van der Waals surface area contributed by atoms with Crippen LogP contribution in [0.4, 0.5) is 0 Å². The van der Waals surface area contributed by atoms with Crippen LogP contribution >= 0.6 is 11.6 Å². The number of hydrogen-bond acceptors (Lipinski definition) is 6. The highest BCUT2D eigenvalue weighted by molar-refractivity contribution is 7.89. The molecule has 12 heteroatoms. The molecule has 1 atom stereocenters. The number of carbonyl (C=O) groups excluding carboxylic acids is 1. The molecule has 9 nitrogen and oxygen atoms in total. The number of rotatable bonds is 7. The lowest BCUT2D eigenvalue weighted by Crippen LogP contribution is -2.60. The molecule has 0 spiro atoms. The van der Waals surface area contributed by atoms with Crippen molar-refractivity contribution < 1.29 is 21.6 Å². The van der Waals surface area contributed by atoms with Crippen molar-refractivity contribution in [2.24, 2.45) is 5.10 Å². The molecule has 1 aliphatic rings. The smallest absolute Gasteiger partial charge is 0.259 e. The Morgan fingerprint density at radius 2 is 1.47 bits per heavy atom. The summed E-state index contributed by atoms with van der Waals surface area (Å²) in [4.78, 5) is 13.2. The predicted octanol–water partition coefficient (Wildman–Crippen LogP) is 2.55. The maximum Gasteiger partial charge on any atom is 0.259 e. The standard InChI is InChI=1S/C24H23ClN4O5S2/c25-20-9-7-8-19(16-20)17-26-27-24(30)23-18-28(35(31,32)21-10-3-1-4-11-21)14-15-29(23)36(33,34)22-12-5-2-6-13-22/h1-13,16-17,23H,14-15,18H2,(H,27,30)/b26-17+/t23-/m0/s1. The molecule has 0 radical (unpaired) electrons. The van der Waals surface area contributed by atoms with Crippen molar-refractivity contribution in [1.29, 1.82) is 0 Å². The van der Waals surface area contributed by atoms with Gasteiger partial charge < -0.3 is 0 Å². The maximum atomic E-state index is 13.4. The van der Waals surface area contributed by atoms with Gasteiger partial charge in [0.2, 0.25) is 20.0 Å². The number of piperazine rings is 1. The third-order valence-corrected chi connectivity index (χ3v) is 9.60. The summed E-state index contributed by atoms with van der Waals surface area (Å²) in [6.07, 6.45) is 1.36. The molecule has 4 rings (SSSR count). The Morgan fingerprint density at radius 3 is 2.08 bits per heavy atom. The van der Waals surface area contributed by atoms with Crippen molar-refractivity contribution in [3.63, 3.8) is 0 Å². The van der Waals surface area contributed by atoms with Crippen LogP contribution in [0.1, 0.15) is 5.56 Å². The summed E-state index contributed by atoms with van der Waals surface area (Å²) in [7, 11) is -8.04. The van der Waals surface area contributed by atoms with Crippen molar-refractivity contribution in [3.8, 4) is 0 Å². The summed E-state index contributed by atoms with van der Waals surface area (Å²) >= 11 is 5.96. The van der Waals surface area contributed by atoms with Gasteiger partial charge in [-0.25, -0.2) is 22.3 Å². The Hall–Kier alpha value is -3.09. The number of carbonyl (C=O) groups is 1. The summed E-state index contributed by atoms with van der Waals surface area (Å²) in [6.45, 7) is -0.694. The fraction of sp³-hybridized carbons (Fsp3) is 0.167. The van der Waals surface area contributed by atoms with E-state index in [4.69, 9.17) is 11.6 Å².